The van der Waals surface area contributed by atoms with Crippen molar-refractivity contribution in [1.29, 1.82) is 0 Å². The fourth-order valence-electron chi connectivity index (χ4n) is 4.45. The van der Waals surface area contributed by atoms with E-state index in [2.05, 4.69) is 53.7 Å². The molecule has 2 aliphatic rings. The van der Waals surface area contributed by atoms with Gasteiger partial charge in [-0.15, -0.1) is 0 Å². The molecule has 0 nitrogen and oxygen atoms in total. The fraction of sp³-hybridized carbons (Fsp3) is 0.778. The van der Waals surface area contributed by atoms with Crippen molar-refractivity contribution in [2.45, 2.75) is 67.2 Å². The van der Waals surface area contributed by atoms with Gasteiger partial charge in [0.2, 0.25) is 0 Å². The number of rotatable bonds is 1. The number of hydrogen-bond donors (Lipinski definition) is 0. The van der Waals surface area contributed by atoms with Crippen LogP contribution < -0.4 is 0 Å². The molecule has 0 aromatic rings. The Morgan fingerprint density at radius 2 is 1.11 bits per heavy atom. The highest BCUT2D eigenvalue weighted by atomic mass is 14.4. The molecule has 0 aromatic heterocycles. The Morgan fingerprint density at radius 1 is 0.778 bits per heavy atom. The smallest absolute Gasteiger partial charge is 0.0162 e. The summed E-state index contributed by atoms with van der Waals surface area (Å²) in [6, 6.07) is 0. The normalized spacial score (nSPS) is 34.8. The monoisotopic (exact) mass is 246 g/mol. The van der Waals surface area contributed by atoms with Crippen molar-refractivity contribution >= 4 is 0 Å². The van der Waals surface area contributed by atoms with Crippen molar-refractivity contribution in [3.8, 4) is 0 Å². The first-order valence-electron chi connectivity index (χ1n) is 7.52. The maximum absolute atomic E-state index is 2.57. The van der Waals surface area contributed by atoms with Gasteiger partial charge in [0.15, 0.2) is 0 Å². The van der Waals surface area contributed by atoms with E-state index in [1.807, 2.05) is 0 Å². The molecule has 0 bridgehead atoms. The van der Waals surface area contributed by atoms with Gasteiger partial charge in [0.1, 0.15) is 0 Å². The first-order chi connectivity index (χ1) is 8.17. The van der Waals surface area contributed by atoms with Gasteiger partial charge in [0, 0.05) is 0 Å². The molecule has 0 N–H and O–H groups in total. The van der Waals surface area contributed by atoms with Gasteiger partial charge < -0.3 is 0 Å². The Kier molecular flexibility index (Phi) is 3.51. The van der Waals surface area contributed by atoms with Crippen LogP contribution in [-0.4, -0.2) is 0 Å². The number of hydrogen-bond acceptors (Lipinski definition) is 0. The van der Waals surface area contributed by atoms with E-state index in [1.165, 1.54) is 25.7 Å². The minimum Gasteiger partial charge on any atom is -0.0819 e. The van der Waals surface area contributed by atoms with E-state index in [0.717, 1.165) is 11.8 Å². The Bertz CT molecular complexity index is 341. The second-order valence-corrected chi connectivity index (χ2v) is 8.44. The zero-order valence-electron chi connectivity index (χ0n) is 13.1. The van der Waals surface area contributed by atoms with Crippen LogP contribution in [0.2, 0.25) is 0 Å². The summed E-state index contributed by atoms with van der Waals surface area (Å²) in [6.45, 7) is 14.4. The third-order valence-corrected chi connectivity index (χ3v) is 4.64. The van der Waals surface area contributed by atoms with Gasteiger partial charge in [-0.25, -0.2) is 0 Å². The van der Waals surface area contributed by atoms with E-state index in [-0.39, 0.29) is 0 Å². The second-order valence-electron chi connectivity index (χ2n) is 8.44. The maximum Gasteiger partial charge on any atom is -0.0162 e. The van der Waals surface area contributed by atoms with Gasteiger partial charge in [-0.1, -0.05) is 51.0 Å². The molecule has 0 radical (unpaired) electrons. The SMILES string of the molecule is CC1=CC(C2C=C(C)CC(C)(C)C2)CC(C)(C)C1. The second kappa shape index (κ2) is 4.54. The molecule has 102 valence electrons. The quantitative estimate of drug-likeness (QED) is 0.517. The zero-order chi connectivity index (χ0) is 13.6. The van der Waals surface area contributed by atoms with Gasteiger partial charge in [-0.05, 0) is 62.2 Å². The lowest BCUT2D eigenvalue weighted by Crippen LogP contribution is -2.30. The van der Waals surface area contributed by atoms with Crippen LogP contribution in [-0.2, 0) is 0 Å². The highest BCUT2D eigenvalue weighted by Gasteiger charge is 2.35. The molecule has 2 atom stereocenters. The Labute approximate surface area is 114 Å². The molecule has 0 spiro atoms. The van der Waals surface area contributed by atoms with E-state index in [9.17, 15) is 0 Å². The van der Waals surface area contributed by atoms with Crippen LogP contribution in [0.15, 0.2) is 23.3 Å². The van der Waals surface area contributed by atoms with Crippen molar-refractivity contribution in [2.24, 2.45) is 22.7 Å². The van der Waals surface area contributed by atoms with E-state index >= 15 is 0 Å². The van der Waals surface area contributed by atoms with Crippen LogP contribution in [0.4, 0.5) is 0 Å². The van der Waals surface area contributed by atoms with Gasteiger partial charge >= 0.3 is 0 Å². The van der Waals surface area contributed by atoms with Crippen molar-refractivity contribution in [3.63, 3.8) is 0 Å². The van der Waals surface area contributed by atoms with Crippen LogP contribution >= 0.6 is 0 Å². The van der Waals surface area contributed by atoms with Crippen molar-refractivity contribution in [2.75, 3.05) is 0 Å². The molecule has 0 saturated carbocycles. The molecule has 2 aliphatic carbocycles. The summed E-state index contributed by atoms with van der Waals surface area (Å²) in [5, 5.41) is 0. The standard InChI is InChI=1S/C18H30/c1-13-7-15(11-17(3,4)9-13)16-8-14(2)10-18(5,6)12-16/h7-8,15-16H,9-12H2,1-6H3. The molecule has 0 amide bonds. The summed E-state index contributed by atoms with van der Waals surface area (Å²) in [6.07, 6.45) is 10.4. The summed E-state index contributed by atoms with van der Waals surface area (Å²) in [5.74, 6) is 1.53. The first kappa shape index (κ1) is 13.9. The molecular weight excluding hydrogens is 216 g/mol. The Hall–Kier alpha value is -0.520. The van der Waals surface area contributed by atoms with Gasteiger partial charge in [-0.3, -0.25) is 0 Å². The van der Waals surface area contributed by atoms with Crippen LogP contribution in [0.25, 0.3) is 0 Å². The topological polar surface area (TPSA) is 0 Å². The lowest BCUT2D eigenvalue weighted by molar-refractivity contribution is 0.185. The fourth-order valence-corrected chi connectivity index (χ4v) is 4.45. The van der Waals surface area contributed by atoms with Gasteiger partial charge in [-0.2, -0.15) is 0 Å². The van der Waals surface area contributed by atoms with Crippen LogP contribution in [0.1, 0.15) is 67.2 Å². The Balaban J connectivity index is 2.21. The molecule has 0 heterocycles. The minimum atomic E-state index is 0.493. The molecule has 0 heteroatoms. The highest BCUT2D eigenvalue weighted by Crippen LogP contribution is 2.47. The molecule has 18 heavy (non-hydrogen) atoms. The molecule has 0 aromatic carbocycles. The molecule has 0 aliphatic heterocycles. The molecule has 0 saturated heterocycles. The highest BCUT2D eigenvalue weighted by molar-refractivity contribution is 5.17. The molecular formula is C18H30. The lowest BCUT2D eigenvalue weighted by Gasteiger charge is -2.42. The summed E-state index contributed by atoms with van der Waals surface area (Å²) >= 11 is 0. The molecule has 2 rings (SSSR count). The minimum absolute atomic E-state index is 0.493. The predicted octanol–water partition coefficient (Wildman–Crippen LogP) is 5.75. The van der Waals surface area contributed by atoms with E-state index in [0.29, 0.717) is 10.8 Å². The first-order valence-corrected chi connectivity index (χ1v) is 7.52. The Morgan fingerprint density at radius 3 is 1.39 bits per heavy atom. The summed E-state index contributed by atoms with van der Waals surface area (Å²) in [5.41, 5.74) is 4.19. The van der Waals surface area contributed by atoms with Crippen molar-refractivity contribution < 1.29 is 0 Å². The predicted molar refractivity (Wildman–Crippen MR) is 80.5 cm³/mol. The average molecular weight is 246 g/mol. The van der Waals surface area contributed by atoms with Crippen LogP contribution in [0, 0.1) is 22.7 Å². The third-order valence-electron chi connectivity index (χ3n) is 4.64. The van der Waals surface area contributed by atoms with Crippen molar-refractivity contribution in [3.05, 3.63) is 23.3 Å². The molecule has 0 fully saturated rings. The average Bonchev–Trinajstić information content (AvgIpc) is 2.10. The molecule has 2 unspecified atom stereocenters. The number of allylic oxidation sites excluding steroid dienone is 4. The largest absolute Gasteiger partial charge is 0.0819 e. The zero-order valence-corrected chi connectivity index (χ0v) is 13.1. The van der Waals surface area contributed by atoms with Gasteiger partial charge in [0.05, 0.1) is 0 Å². The third kappa shape index (κ3) is 3.28. The van der Waals surface area contributed by atoms with Crippen LogP contribution in [0.3, 0.4) is 0 Å². The van der Waals surface area contributed by atoms with Crippen LogP contribution in [0.5, 0.6) is 0 Å². The summed E-state index contributed by atoms with van der Waals surface area (Å²) in [4.78, 5) is 0. The van der Waals surface area contributed by atoms with E-state index in [4.69, 9.17) is 0 Å². The summed E-state index contributed by atoms with van der Waals surface area (Å²) < 4.78 is 0. The van der Waals surface area contributed by atoms with Gasteiger partial charge in [0.25, 0.3) is 0 Å². The van der Waals surface area contributed by atoms with E-state index < -0.39 is 0 Å². The lowest BCUT2D eigenvalue weighted by atomic mass is 9.63. The van der Waals surface area contributed by atoms with Crippen molar-refractivity contribution in [1.82, 2.24) is 0 Å². The summed E-state index contributed by atoms with van der Waals surface area (Å²) in [7, 11) is 0. The maximum atomic E-state index is 2.57. The van der Waals surface area contributed by atoms with E-state index in [1.54, 1.807) is 11.1 Å².